The Morgan fingerprint density at radius 1 is 0.457 bits per heavy atom. The highest BCUT2D eigenvalue weighted by molar-refractivity contribution is 7.05. The molecule has 682 valence electrons. The number of nitrogens with two attached hydrogens (primary N) is 8. The molecule has 1 aliphatic heterocycles. The van der Waals surface area contributed by atoms with Crippen molar-refractivity contribution in [3.05, 3.63) is 307 Å². The molecule has 8 atom stereocenters. The number of hydrogen-bond donors (Lipinski definition) is 14. The first kappa shape index (κ1) is 102. The Kier molecular flexibility index (Phi) is 43.1. The highest BCUT2D eigenvalue weighted by Crippen LogP contribution is 2.23. The molecule has 0 radical (unpaired) electrons. The summed E-state index contributed by atoms with van der Waals surface area (Å²) in [6.45, 7) is 6.04. The van der Waals surface area contributed by atoms with E-state index in [0.717, 1.165) is 55.7 Å². The molecule has 31 heteroatoms. The SMILES string of the molecule is C=C(/C=C1/C=CC=NC1)CC(=O)[C@@H](Cc1cc(F)c(F)c(F)c1)NC(=O)[C@@H](N)CCCN.NCCC[C@H](N)C(=O)N[C@H](CCc1ccccc1)C(=O)CCc1nc(-c2ccccc2)ns1.NCCC[C@H](N)C(=O)N[C@H](CCc1ccccc1)C(=O)Cc1cc2ccccc2[nH]c1=O.NCCC[C@H](N)C(=O)N[C@H](CCc1ccccc1)C(=O)Cc1cc2ccccc2[nH]c1=O. The zero-order valence-electron chi connectivity index (χ0n) is 72.4. The third-order valence-corrected chi connectivity index (χ3v) is 22.0. The van der Waals surface area contributed by atoms with E-state index in [0.29, 0.717) is 163 Å². The number of fused-ring (bicyclic) bond motifs is 2. The van der Waals surface area contributed by atoms with Crippen molar-refractivity contribution in [2.24, 2.45) is 50.9 Å². The first-order valence-corrected chi connectivity index (χ1v) is 44.0. The van der Waals surface area contributed by atoms with Gasteiger partial charge in [-0.3, -0.25) is 52.9 Å². The van der Waals surface area contributed by atoms with E-state index < -0.39 is 77.5 Å². The minimum atomic E-state index is -1.60. The number of carbonyl (C=O) groups is 8. The summed E-state index contributed by atoms with van der Waals surface area (Å²) in [6.07, 6.45) is 14.7. The number of benzene rings is 7. The van der Waals surface area contributed by atoms with Crippen LogP contribution in [0.4, 0.5) is 13.2 Å². The molecular weight excluding hydrogens is 1660 g/mol. The van der Waals surface area contributed by atoms with Crippen LogP contribution < -0.4 is 78.3 Å². The number of nitrogens with one attached hydrogen (secondary N) is 6. The van der Waals surface area contributed by atoms with Crippen LogP contribution in [0.2, 0.25) is 0 Å². The van der Waals surface area contributed by atoms with Crippen LogP contribution in [0, 0.1) is 17.5 Å². The van der Waals surface area contributed by atoms with Gasteiger partial charge in [0, 0.05) is 66.0 Å². The molecule has 0 aliphatic carbocycles. The van der Waals surface area contributed by atoms with Gasteiger partial charge < -0.3 is 77.1 Å². The summed E-state index contributed by atoms with van der Waals surface area (Å²) >= 11 is 1.30. The lowest BCUT2D eigenvalue weighted by atomic mass is 9.96. The average molecular weight is 1780 g/mol. The molecule has 0 unspecified atom stereocenters. The third-order valence-electron chi connectivity index (χ3n) is 21.3. The summed E-state index contributed by atoms with van der Waals surface area (Å²) in [6, 6.07) is 52.8. The standard InChI is InChI=1S/C25H31N5O2S.2C25H30N4O3.C23H27F3N4O2/c26-17-7-12-20(27)25(32)28-21(14-13-18-8-3-1-4-9-18)22(31)15-16-23-29-24(30-33-23)19-10-5-2-6-11-19;2*26-14-6-10-20(27)25(32)29-22(13-12-17-7-2-1-3-8-17)23(30)16-19-15-18-9-4-5-11-21(18)28-24(19)31;1-14(8-15-4-3-7-29-13-15)9-21(31)20(30-23(32)19(28)5-2-6-27)12-16-10-17(24)22(26)18(25)11-16/h1-6,8-11,20-21H,7,12-17,26-27H2,(H,28,32);2*1-5,7-9,11,15,20,22H,6,10,12-14,16,26-27H2,(H,28,31)(H,29,32);3-4,7-8,10-11,19-20H,1-2,5-6,9,12-13,27-28H2,(H,30,32)/b;;;15-8-/t20-,21+;2*20-,22+;19-,20+/m0000/s1. The fraction of sp³-hybridized carbons (Fsp3) is 0.337. The van der Waals surface area contributed by atoms with Gasteiger partial charge in [0.2, 0.25) is 23.6 Å². The van der Waals surface area contributed by atoms with Gasteiger partial charge in [-0.15, -0.1) is 0 Å². The lowest BCUT2D eigenvalue weighted by Crippen LogP contribution is -2.49. The zero-order valence-corrected chi connectivity index (χ0v) is 73.2. The number of para-hydroxylation sites is 2. The number of halogens is 3. The van der Waals surface area contributed by atoms with E-state index in [2.05, 4.69) is 52.2 Å². The summed E-state index contributed by atoms with van der Waals surface area (Å²) in [5.41, 5.74) is 52.9. The van der Waals surface area contributed by atoms with Gasteiger partial charge in [0.25, 0.3) is 11.1 Å². The quantitative estimate of drug-likeness (QED) is 0.0158. The molecule has 3 aromatic heterocycles. The van der Waals surface area contributed by atoms with Crippen LogP contribution in [0.25, 0.3) is 33.2 Å². The molecule has 4 amide bonds. The number of aromatic amines is 2. The Labute approximate surface area is 752 Å². The first-order valence-electron chi connectivity index (χ1n) is 43.3. The predicted molar refractivity (Wildman–Crippen MR) is 502 cm³/mol. The monoisotopic (exact) mass is 1780 g/mol. The average Bonchev–Trinajstić information content (AvgIpc) is 1.47. The number of aromatic nitrogens is 4. The van der Waals surface area contributed by atoms with Gasteiger partial charge in [0.05, 0.1) is 54.9 Å². The number of ketones is 4. The summed E-state index contributed by atoms with van der Waals surface area (Å²) in [7, 11) is 0. The summed E-state index contributed by atoms with van der Waals surface area (Å²) < 4.78 is 45.0. The molecule has 0 spiro atoms. The number of rotatable bonds is 46. The van der Waals surface area contributed by atoms with Crippen LogP contribution >= 0.6 is 11.5 Å². The normalized spacial score (nSPS) is 13.7. The number of pyridine rings is 2. The number of amides is 4. The second kappa shape index (κ2) is 54.6. The van der Waals surface area contributed by atoms with Crippen LogP contribution in [0.3, 0.4) is 0 Å². The molecule has 1 aliphatic rings. The van der Waals surface area contributed by atoms with Crippen molar-refractivity contribution >= 4 is 86.3 Å². The maximum absolute atomic E-state index is 13.6. The van der Waals surface area contributed by atoms with Crippen LogP contribution in [0.5, 0.6) is 0 Å². The Morgan fingerprint density at radius 3 is 1.23 bits per heavy atom. The molecular formula is C98H118F3N17O10S. The van der Waals surface area contributed by atoms with Gasteiger partial charge in [-0.2, -0.15) is 4.37 Å². The zero-order chi connectivity index (χ0) is 93.0. The fourth-order valence-electron chi connectivity index (χ4n) is 13.9. The number of dihydropyridines is 1. The van der Waals surface area contributed by atoms with Gasteiger partial charge in [0.1, 0.15) is 5.01 Å². The number of hydrogen-bond acceptors (Lipinski definition) is 22. The van der Waals surface area contributed by atoms with E-state index in [4.69, 9.17) is 45.9 Å². The number of aliphatic imine (C=N–C) groups is 1. The first-order chi connectivity index (χ1) is 62.2. The van der Waals surface area contributed by atoms with E-state index in [1.54, 1.807) is 30.5 Å². The molecule has 7 aromatic carbocycles. The molecule has 27 nitrogen and oxygen atoms in total. The fourth-order valence-corrected chi connectivity index (χ4v) is 14.6. The van der Waals surface area contributed by atoms with Crippen LogP contribution in [-0.2, 0) is 83.3 Å². The Bertz CT molecular complexity index is 5350. The third kappa shape index (κ3) is 34.9. The Hall–Kier alpha value is -12.6. The van der Waals surface area contributed by atoms with Crippen LogP contribution in [-0.4, -0.2) is 153 Å². The van der Waals surface area contributed by atoms with Gasteiger partial charge in [0.15, 0.2) is 46.4 Å². The number of Topliss-reactive ketones (excluding diaryl/α,β-unsaturated/α-hetero) is 4. The minimum absolute atomic E-state index is 0.0177. The van der Waals surface area contributed by atoms with Crippen molar-refractivity contribution in [2.45, 2.75) is 177 Å². The summed E-state index contributed by atoms with van der Waals surface area (Å²) in [5, 5.41) is 13.5. The van der Waals surface area contributed by atoms with Crippen molar-refractivity contribution in [3.63, 3.8) is 0 Å². The maximum atomic E-state index is 13.6. The van der Waals surface area contributed by atoms with E-state index in [-0.39, 0.29) is 83.9 Å². The smallest absolute Gasteiger partial charge is 0.252 e. The number of allylic oxidation sites excluding steroid dienone is 3. The lowest BCUT2D eigenvalue weighted by molar-refractivity contribution is -0.128. The van der Waals surface area contributed by atoms with Crippen LogP contribution in [0.1, 0.15) is 122 Å². The second-order valence-corrected chi connectivity index (χ2v) is 32.3. The topological polar surface area (TPSA) is 497 Å². The lowest BCUT2D eigenvalue weighted by Gasteiger charge is -2.21. The van der Waals surface area contributed by atoms with Gasteiger partial charge in [-0.1, -0.05) is 176 Å². The summed E-state index contributed by atoms with van der Waals surface area (Å²) in [5.74, 6) is -6.24. The van der Waals surface area contributed by atoms with E-state index in [1.807, 2.05) is 176 Å². The molecule has 22 N–H and O–H groups in total. The number of nitrogens with zero attached hydrogens (tertiary/aromatic N) is 3. The largest absolute Gasteiger partial charge is 0.345 e. The van der Waals surface area contributed by atoms with Crippen molar-refractivity contribution in [1.29, 1.82) is 0 Å². The molecule has 0 saturated carbocycles. The van der Waals surface area contributed by atoms with Gasteiger partial charge >= 0.3 is 0 Å². The number of aryl methyl sites for hydroxylation is 4. The van der Waals surface area contributed by atoms with Crippen molar-refractivity contribution in [2.75, 3.05) is 32.7 Å². The minimum Gasteiger partial charge on any atom is -0.345 e. The predicted octanol–water partition coefficient (Wildman–Crippen LogP) is 8.82. The van der Waals surface area contributed by atoms with Crippen LogP contribution in [0.15, 0.2) is 245 Å². The molecule has 11 rings (SSSR count). The number of H-pyrrole nitrogens is 2. The Balaban J connectivity index is 0.000000212. The molecule has 129 heavy (non-hydrogen) atoms. The van der Waals surface area contributed by atoms with Crippen molar-refractivity contribution in [3.8, 4) is 11.4 Å². The van der Waals surface area contributed by atoms with Crippen molar-refractivity contribution < 1.29 is 51.5 Å². The second-order valence-electron chi connectivity index (χ2n) is 31.5. The molecule has 0 fully saturated rings. The van der Waals surface area contributed by atoms with E-state index in [9.17, 15) is 61.1 Å². The highest BCUT2D eigenvalue weighted by Gasteiger charge is 2.30. The Morgan fingerprint density at radius 2 is 0.837 bits per heavy atom. The van der Waals surface area contributed by atoms with E-state index >= 15 is 0 Å². The maximum Gasteiger partial charge on any atom is 0.252 e. The van der Waals surface area contributed by atoms with Crippen molar-refractivity contribution in [1.82, 2.24) is 40.6 Å². The molecule has 10 aromatic rings. The number of carbonyl (C=O) groups excluding carboxylic acids is 8. The molecule has 4 heterocycles. The van der Waals surface area contributed by atoms with Gasteiger partial charge in [-0.25, -0.2) is 18.2 Å². The van der Waals surface area contributed by atoms with E-state index in [1.165, 1.54) is 11.5 Å². The molecule has 0 bridgehead atoms. The molecule has 0 saturated heterocycles. The van der Waals surface area contributed by atoms with Gasteiger partial charge in [-0.05, 0) is 221 Å². The highest BCUT2D eigenvalue weighted by atomic mass is 32.1. The summed E-state index contributed by atoms with van der Waals surface area (Å²) in [4.78, 5) is 142.